The minimum atomic E-state index is -1.05. The van der Waals surface area contributed by atoms with E-state index in [0.717, 1.165) is 0 Å². The minimum absolute atomic E-state index is 0.0121. The lowest BCUT2D eigenvalue weighted by Crippen LogP contribution is -1.97. The molecule has 11 heavy (non-hydrogen) atoms. The van der Waals surface area contributed by atoms with E-state index in [4.69, 9.17) is 9.52 Å². The molecule has 60 valence electrons. The highest BCUT2D eigenvalue weighted by Gasteiger charge is 2.16. The van der Waals surface area contributed by atoms with Gasteiger partial charge in [-0.05, 0) is 8.93 Å². The number of rotatable bonds is 2. The summed E-state index contributed by atoms with van der Waals surface area (Å²) >= 11 is 1.95. The van der Waals surface area contributed by atoms with Crippen LogP contribution in [0.3, 0.4) is 0 Å². The summed E-state index contributed by atoms with van der Waals surface area (Å²) in [7, 11) is 1.20. The summed E-state index contributed by atoms with van der Waals surface area (Å²) in [6.07, 6.45) is 0. The van der Waals surface area contributed by atoms with E-state index in [1.807, 2.05) is 21.2 Å². The fourth-order valence-corrected chi connectivity index (χ4v) is 1.85. The molecule has 0 atom stereocenters. The van der Waals surface area contributed by atoms with E-state index in [1.54, 1.807) is 6.92 Å². The Hall–Kier alpha value is -0.240. The predicted molar refractivity (Wildman–Crippen MR) is 48.1 cm³/mol. The van der Waals surface area contributed by atoms with Crippen molar-refractivity contribution in [3.8, 4) is 0 Å². The second kappa shape index (κ2) is 3.44. The van der Waals surface area contributed by atoms with Gasteiger partial charge in [0, 0.05) is 28.1 Å². The van der Waals surface area contributed by atoms with Crippen LogP contribution in [0.4, 0.5) is 0 Å². The molecule has 0 saturated carbocycles. The molecule has 6 heteroatoms. The van der Waals surface area contributed by atoms with Gasteiger partial charge in [0.2, 0.25) is 10.8 Å². The maximum atomic E-state index is 10.5. The molecule has 0 radical (unpaired) electrons. The number of aromatic carboxylic acids is 1. The van der Waals surface area contributed by atoms with Crippen LogP contribution in [-0.4, -0.2) is 16.1 Å². The van der Waals surface area contributed by atoms with Gasteiger partial charge in [0.05, 0.1) is 0 Å². The van der Waals surface area contributed by atoms with Crippen molar-refractivity contribution in [3.63, 3.8) is 0 Å². The second-order valence-electron chi connectivity index (χ2n) is 1.75. The van der Waals surface area contributed by atoms with Crippen LogP contribution in [0.15, 0.2) is 9.51 Å². The summed E-state index contributed by atoms with van der Waals surface area (Å²) in [5.41, 5.74) is -0.0121. The molecular weight excluding hydrogens is 281 g/mol. The Balaban J connectivity index is 3.12. The Labute approximate surface area is 79.0 Å². The summed E-state index contributed by atoms with van der Waals surface area (Å²) in [6, 6.07) is 0. The summed E-state index contributed by atoms with van der Waals surface area (Å²) in [4.78, 5) is 14.1. The van der Waals surface area contributed by atoms with Crippen LogP contribution < -0.4 is 0 Å². The molecule has 0 aliphatic rings. The zero-order chi connectivity index (χ0) is 8.43. The van der Waals surface area contributed by atoms with Crippen LogP contribution in [0.5, 0.6) is 0 Å². The van der Waals surface area contributed by atoms with Gasteiger partial charge in [-0.1, -0.05) is 0 Å². The van der Waals surface area contributed by atoms with Crippen LogP contribution in [0.1, 0.15) is 16.4 Å². The van der Waals surface area contributed by atoms with Crippen LogP contribution in [0.2, 0.25) is 0 Å². The van der Waals surface area contributed by atoms with Crippen molar-refractivity contribution < 1.29 is 14.3 Å². The van der Waals surface area contributed by atoms with Gasteiger partial charge in [0.1, 0.15) is 0 Å². The average Bonchev–Trinajstić information content (AvgIpc) is 2.30. The molecule has 0 fully saturated rings. The molecule has 0 aromatic carbocycles. The molecule has 1 aromatic heterocycles. The lowest BCUT2D eigenvalue weighted by atomic mass is 10.5. The van der Waals surface area contributed by atoms with E-state index >= 15 is 0 Å². The number of aryl methyl sites for hydroxylation is 1. The predicted octanol–water partition coefficient (Wildman–Crippen LogP) is 2.12. The third kappa shape index (κ3) is 1.86. The molecule has 1 heterocycles. The maximum Gasteiger partial charge on any atom is 0.359 e. The van der Waals surface area contributed by atoms with Gasteiger partial charge in [-0.25, -0.2) is 9.78 Å². The van der Waals surface area contributed by atoms with E-state index in [0.29, 0.717) is 11.0 Å². The molecule has 1 N–H and O–H groups in total. The minimum Gasteiger partial charge on any atom is -0.476 e. The molecule has 0 spiro atoms. The fourth-order valence-electron chi connectivity index (χ4n) is 0.596. The standard InChI is InChI=1S/C5H4INO3S/c1-2-7-3(4(8)9)5(10-2)11-6/h1H3,(H,8,9). The molecule has 0 bridgehead atoms. The van der Waals surface area contributed by atoms with Crippen LogP contribution >= 0.6 is 30.1 Å². The summed E-state index contributed by atoms with van der Waals surface area (Å²) in [6.45, 7) is 1.61. The number of carbonyl (C=O) groups is 1. The molecule has 0 aliphatic carbocycles. The molecule has 1 aromatic rings. The first-order chi connectivity index (χ1) is 5.15. The Morgan fingerprint density at radius 3 is 2.82 bits per heavy atom. The van der Waals surface area contributed by atoms with Crippen molar-refractivity contribution in [2.45, 2.75) is 12.0 Å². The van der Waals surface area contributed by atoms with Crippen LogP contribution in [0.25, 0.3) is 0 Å². The number of hydrogen-bond acceptors (Lipinski definition) is 4. The average molecular weight is 285 g/mol. The third-order valence-corrected chi connectivity index (χ3v) is 2.59. The van der Waals surface area contributed by atoms with E-state index in [9.17, 15) is 4.79 Å². The zero-order valence-electron chi connectivity index (χ0n) is 5.50. The third-order valence-electron chi connectivity index (χ3n) is 0.976. The lowest BCUT2D eigenvalue weighted by molar-refractivity contribution is 0.0685. The second-order valence-corrected chi connectivity index (χ2v) is 3.60. The van der Waals surface area contributed by atoms with E-state index in [-0.39, 0.29) is 5.69 Å². The highest BCUT2D eigenvalue weighted by molar-refractivity contribution is 14.2. The Morgan fingerprint density at radius 1 is 1.82 bits per heavy atom. The van der Waals surface area contributed by atoms with Crippen molar-refractivity contribution >= 4 is 36.1 Å². The summed E-state index contributed by atoms with van der Waals surface area (Å²) in [5, 5.41) is 8.91. The molecule has 0 unspecified atom stereocenters. The molecule has 0 amide bonds. The van der Waals surface area contributed by atoms with Crippen molar-refractivity contribution in [3.05, 3.63) is 11.6 Å². The number of nitrogens with zero attached hydrogens (tertiary/aromatic N) is 1. The van der Waals surface area contributed by atoms with Gasteiger partial charge in [-0.2, -0.15) is 0 Å². The number of carboxylic acids is 1. The van der Waals surface area contributed by atoms with Gasteiger partial charge in [-0.15, -0.1) is 0 Å². The van der Waals surface area contributed by atoms with Gasteiger partial charge in [-0.3, -0.25) is 0 Å². The highest BCUT2D eigenvalue weighted by atomic mass is 127. The zero-order valence-corrected chi connectivity index (χ0v) is 8.47. The van der Waals surface area contributed by atoms with Crippen molar-refractivity contribution in [2.24, 2.45) is 0 Å². The van der Waals surface area contributed by atoms with Crippen molar-refractivity contribution in [2.75, 3.05) is 0 Å². The largest absolute Gasteiger partial charge is 0.476 e. The molecule has 1 rings (SSSR count). The quantitative estimate of drug-likeness (QED) is 0.843. The number of carboxylic acid groups (broad SMARTS) is 1. The first-order valence-corrected chi connectivity index (χ1v) is 6.00. The van der Waals surface area contributed by atoms with Gasteiger partial charge in [0.25, 0.3) is 0 Å². The Morgan fingerprint density at radius 2 is 2.45 bits per heavy atom. The Kier molecular flexibility index (Phi) is 2.77. The first-order valence-electron chi connectivity index (χ1n) is 2.64. The van der Waals surface area contributed by atoms with Crippen LogP contribution in [0, 0.1) is 6.92 Å². The number of aromatic nitrogens is 1. The highest BCUT2D eigenvalue weighted by Crippen LogP contribution is 2.29. The molecule has 4 nitrogen and oxygen atoms in total. The van der Waals surface area contributed by atoms with Crippen LogP contribution in [-0.2, 0) is 0 Å². The number of halogens is 1. The molecule has 0 saturated heterocycles. The topological polar surface area (TPSA) is 63.3 Å². The van der Waals surface area contributed by atoms with Crippen molar-refractivity contribution in [1.29, 1.82) is 0 Å². The summed E-state index contributed by atoms with van der Waals surface area (Å²) in [5.74, 6) is -0.678. The lowest BCUT2D eigenvalue weighted by Gasteiger charge is -1.86. The Bertz CT molecular complexity index is 285. The van der Waals surface area contributed by atoms with Gasteiger partial charge >= 0.3 is 5.97 Å². The van der Waals surface area contributed by atoms with Gasteiger partial charge < -0.3 is 9.52 Å². The molecular formula is C5H4INO3S. The van der Waals surface area contributed by atoms with E-state index in [2.05, 4.69) is 4.98 Å². The monoisotopic (exact) mass is 285 g/mol. The number of oxazole rings is 1. The summed E-state index contributed by atoms with van der Waals surface area (Å²) < 4.78 is 4.99. The van der Waals surface area contributed by atoms with E-state index < -0.39 is 5.97 Å². The smallest absolute Gasteiger partial charge is 0.359 e. The first kappa shape index (κ1) is 8.85. The van der Waals surface area contributed by atoms with Gasteiger partial charge in [0.15, 0.2) is 5.89 Å². The van der Waals surface area contributed by atoms with Crippen molar-refractivity contribution in [1.82, 2.24) is 4.98 Å². The SMILES string of the molecule is Cc1nc(C(=O)O)c(SI)o1. The molecule has 0 aliphatic heterocycles. The number of hydrogen-bond donors (Lipinski definition) is 1. The fraction of sp³-hybridized carbons (Fsp3) is 0.200. The maximum absolute atomic E-state index is 10.5. The van der Waals surface area contributed by atoms with E-state index in [1.165, 1.54) is 8.93 Å². The normalized spacial score (nSPS) is 10.0.